The molecule has 0 bridgehead atoms. The molecule has 0 unspecified atom stereocenters. The van der Waals surface area contributed by atoms with Crippen molar-refractivity contribution in [2.75, 3.05) is 24.7 Å². The zero-order valence-corrected chi connectivity index (χ0v) is 19.0. The monoisotopic (exact) mass is 486 g/mol. The smallest absolute Gasteiger partial charge is 0.196 e. The number of hydrogen-bond donors (Lipinski definition) is 7. The number of ketones is 2. The van der Waals surface area contributed by atoms with E-state index in [1.54, 1.807) is 0 Å². The summed E-state index contributed by atoms with van der Waals surface area (Å²) >= 11 is 2.20. The van der Waals surface area contributed by atoms with Crippen molar-refractivity contribution in [3.63, 3.8) is 0 Å². The van der Waals surface area contributed by atoms with Crippen LogP contribution >= 0.6 is 23.5 Å². The Morgan fingerprint density at radius 1 is 0.906 bits per heavy atom. The Labute approximate surface area is 192 Å². The van der Waals surface area contributed by atoms with E-state index < -0.39 is 64.0 Å². The molecule has 0 aromatic heterocycles. The van der Waals surface area contributed by atoms with Crippen LogP contribution in [0.25, 0.3) is 0 Å². The van der Waals surface area contributed by atoms with Gasteiger partial charge in [0.05, 0.1) is 26.5 Å². The Morgan fingerprint density at radius 3 is 1.84 bits per heavy atom. The van der Waals surface area contributed by atoms with E-state index in [0.29, 0.717) is 24.3 Å². The van der Waals surface area contributed by atoms with E-state index >= 15 is 0 Å². The van der Waals surface area contributed by atoms with Gasteiger partial charge in [-0.2, -0.15) is 0 Å². The quantitative estimate of drug-likeness (QED) is 0.156. The molecule has 0 saturated heterocycles. The molecule has 176 valence electrons. The number of Topliss-reactive ketones (excluding diaryl/α,β-unsaturated/α-hetero) is 2. The van der Waals surface area contributed by atoms with Crippen molar-refractivity contribution in [3.8, 4) is 11.5 Å². The van der Waals surface area contributed by atoms with Gasteiger partial charge in [0.2, 0.25) is 0 Å². The predicted octanol–water partition coefficient (Wildman–Crippen LogP) is 0.599. The molecule has 0 amide bonds. The molecule has 2 aliphatic carbocycles. The zero-order chi connectivity index (χ0) is 23.8. The van der Waals surface area contributed by atoms with Gasteiger partial charge in [0, 0.05) is 42.3 Å². The lowest BCUT2D eigenvalue weighted by Gasteiger charge is -2.40. The van der Waals surface area contributed by atoms with E-state index in [2.05, 4.69) is 0 Å². The number of aliphatic hydroxyl groups is 5. The van der Waals surface area contributed by atoms with Crippen molar-refractivity contribution < 1.29 is 45.3 Å². The Morgan fingerprint density at radius 2 is 1.38 bits per heavy atom. The summed E-state index contributed by atoms with van der Waals surface area (Å²) in [7, 11) is 0. The number of aromatic hydroxyl groups is 2. The number of phenols is 2. The summed E-state index contributed by atoms with van der Waals surface area (Å²) in [6.45, 7) is 1.03. The van der Waals surface area contributed by atoms with Gasteiger partial charge in [-0.1, -0.05) is 0 Å². The van der Waals surface area contributed by atoms with E-state index in [1.165, 1.54) is 6.92 Å². The Balaban J connectivity index is 2.20. The number of aliphatic hydroxyl groups excluding tert-OH is 4. The van der Waals surface area contributed by atoms with Crippen LogP contribution in [-0.2, 0) is 0 Å². The molecule has 3 atom stereocenters. The molecule has 0 spiro atoms. The number of benzene rings is 1. The van der Waals surface area contributed by atoms with Crippen LogP contribution in [0.2, 0.25) is 0 Å². The highest BCUT2D eigenvalue weighted by Crippen LogP contribution is 2.52. The maximum Gasteiger partial charge on any atom is 0.196 e. The van der Waals surface area contributed by atoms with Crippen molar-refractivity contribution in [1.82, 2.24) is 0 Å². The number of rotatable bonds is 8. The molecule has 0 aliphatic heterocycles. The van der Waals surface area contributed by atoms with Crippen molar-refractivity contribution in [1.29, 1.82) is 0 Å². The van der Waals surface area contributed by atoms with Crippen molar-refractivity contribution in [3.05, 3.63) is 22.3 Å². The highest BCUT2D eigenvalue weighted by atomic mass is 32.2. The first-order valence-corrected chi connectivity index (χ1v) is 12.1. The van der Waals surface area contributed by atoms with Gasteiger partial charge in [0.15, 0.2) is 11.6 Å². The Hall–Kier alpha value is -1.60. The molecule has 1 aromatic carbocycles. The minimum absolute atomic E-state index is 0.0966. The molecule has 3 rings (SSSR count). The third kappa shape index (κ3) is 4.18. The van der Waals surface area contributed by atoms with Crippen LogP contribution in [0.5, 0.6) is 11.5 Å². The second-order valence-corrected chi connectivity index (χ2v) is 10.1. The van der Waals surface area contributed by atoms with Gasteiger partial charge in [-0.25, -0.2) is 0 Å². The first kappa shape index (κ1) is 25.0. The number of fused-ring (bicyclic) bond motifs is 1. The van der Waals surface area contributed by atoms with Gasteiger partial charge in [-0.05, 0) is 19.8 Å². The molecule has 11 heteroatoms. The van der Waals surface area contributed by atoms with Gasteiger partial charge >= 0.3 is 0 Å². The van der Waals surface area contributed by atoms with E-state index in [9.17, 15) is 35.1 Å². The highest BCUT2D eigenvalue weighted by Gasteiger charge is 2.51. The predicted molar refractivity (Wildman–Crippen MR) is 118 cm³/mol. The molecular formula is C21H26O9S2. The van der Waals surface area contributed by atoms with Crippen LogP contribution in [0.1, 0.15) is 46.9 Å². The van der Waals surface area contributed by atoms with E-state index in [-0.39, 0.29) is 28.6 Å². The molecular weight excluding hydrogens is 460 g/mol. The van der Waals surface area contributed by atoms with Crippen LogP contribution < -0.4 is 0 Å². The van der Waals surface area contributed by atoms with Crippen LogP contribution in [0.4, 0.5) is 0 Å². The summed E-state index contributed by atoms with van der Waals surface area (Å²) < 4.78 is 0. The summed E-state index contributed by atoms with van der Waals surface area (Å²) in [6.07, 6.45) is -3.21. The van der Waals surface area contributed by atoms with Crippen molar-refractivity contribution in [2.24, 2.45) is 0 Å². The van der Waals surface area contributed by atoms with E-state index in [4.69, 9.17) is 10.2 Å². The number of carbonyl (C=O) groups excluding carboxylic acids is 2. The molecule has 0 heterocycles. The minimum Gasteiger partial charge on any atom is -0.506 e. The molecule has 32 heavy (non-hydrogen) atoms. The third-order valence-electron chi connectivity index (χ3n) is 5.52. The summed E-state index contributed by atoms with van der Waals surface area (Å²) in [5.74, 6) is -2.03. The van der Waals surface area contributed by atoms with Crippen molar-refractivity contribution >= 4 is 35.1 Å². The minimum atomic E-state index is -1.87. The number of carbonyl (C=O) groups is 2. The molecule has 7 N–H and O–H groups in total. The summed E-state index contributed by atoms with van der Waals surface area (Å²) in [4.78, 5) is 26.9. The molecule has 1 aromatic rings. The molecule has 0 radical (unpaired) electrons. The maximum atomic E-state index is 13.3. The molecule has 9 nitrogen and oxygen atoms in total. The van der Waals surface area contributed by atoms with Crippen LogP contribution in [0.15, 0.2) is 20.9 Å². The molecule has 0 saturated carbocycles. The fourth-order valence-corrected chi connectivity index (χ4v) is 6.10. The second-order valence-electron chi connectivity index (χ2n) is 7.93. The van der Waals surface area contributed by atoms with Gasteiger partial charge in [0.25, 0.3) is 0 Å². The third-order valence-corrected chi connectivity index (χ3v) is 8.01. The summed E-state index contributed by atoms with van der Waals surface area (Å²) in [6, 6.07) is 0. The summed E-state index contributed by atoms with van der Waals surface area (Å²) in [5, 5.41) is 71.2. The molecule has 2 aliphatic rings. The maximum absolute atomic E-state index is 13.3. The fourth-order valence-electron chi connectivity index (χ4n) is 3.86. The highest BCUT2D eigenvalue weighted by molar-refractivity contribution is 8.02. The number of hydrogen-bond acceptors (Lipinski definition) is 11. The lowest BCUT2D eigenvalue weighted by atomic mass is 9.70. The fraction of sp³-hybridized carbons (Fsp3) is 0.524. The Kier molecular flexibility index (Phi) is 7.60. The van der Waals surface area contributed by atoms with Gasteiger partial charge in [-0.15, -0.1) is 23.5 Å². The standard InChI is InChI=1S/C21H26O9S2/c1-21(30)8-9-10(17(28)20(21)29)14(25)12-11(13(9)24)15(26)18(31-6-2-4-22)19(16(12)27)32-7-3-5-23/h17,20,22-23,26-30H,2-8H2,1H3/t17-,20+,21-/m0/s1. The largest absolute Gasteiger partial charge is 0.506 e. The molecule has 0 fully saturated rings. The first-order valence-electron chi connectivity index (χ1n) is 10.1. The van der Waals surface area contributed by atoms with Crippen LogP contribution in [0, 0.1) is 0 Å². The van der Waals surface area contributed by atoms with E-state index in [1.807, 2.05) is 0 Å². The normalized spacial score (nSPS) is 25.2. The number of thioether (sulfide) groups is 2. The average molecular weight is 487 g/mol. The van der Waals surface area contributed by atoms with Crippen LogP contribution in [0.3, 0.4) is 0 Å². The Bertz CT molecular complexity index is 971. The van der Waals surface area contributed by atoms with E-state index in [0.717, 1.165) is 23.5 Å². The SMILES string of the molecule is C[C@]1(O)CC2=C(C(=O)c3c(O)c(SCCCO)c(SCCCO)c(O)c3C2=O)[C@H](O)[C@H]1O. The number of phenolic OH excluding ortho intramolecular Hbond substituents is 2. The second kappa shape index (κ2) is 9.72. The first-order chi connectivity index (χ1) is 15.1. The van der Waals surface area contributed by atoms with Gasteiger partial charge in [0.1, 0.15) is 23.7 Å². The summed E-state index contributed by atoms with van der Waals surface area (Å²) in [5.41, 5.74) is -3.36. The van der Waals surface area contributed by atoms with Crippen LogP contribution in [-0.4, -0.2) is 89.8 Å². The topological polar surface area (TPSA) is 176 Å². The average Bonchev–Trinajstić information content (AvgIpc) is 2.74. The zero-order valence-electron chi connectivity index (χ0n) is 17.4. The van der Waals surface area contributed by atoms with Gasteiger partial charge < -0.3 is 35.7 Å². The van der Waals surface area contributed by atoms with Crippen molar-refractivity contribution in [2.45, 2.75) is 53.8 Å². The lowest BCUT2D eigenvalue weighted by molar-refractivity contribution is -0.111. The van der Waals surface area contributed by atoms with Gasteiger partial charge in [-0.3, -0.25) is 9.59 Å². The lowest BCUT2D eigenvalue weighted by Crippen LogP contribution is -2.54.